The zero-order valence-corrected chi connectivity index (χ0v) is 8.33. The van der Waals surface area contributed by atoms with Crippen LogP contribution in [-0.4, -0.2) is 17.0 Å². The van der Waals surface area contributed by atoms with Crippen molar-refractivity contribution in [3.8, 4) is 0 Å². The van der Waals surface area contributed by atoms with Gasteiger partial charge in [0.25, 0.3) is 0 Å². The average Bonchev–Trinajstić information content (AvgIpc) is 2.44. The van der Waals surface area contributed by atoms with E-state index in [9.17, 15) is 9.59 Å². The molecule has 15 heavy (non-hydrogen) atoms. The average molecular weight is 205 g/mol. The van der Waals surface area contributed by atoms with Gasteiger partial charge in [-0.15, -0.1) is 0 Å². The van der Waals surface area contributed by atoms with Crippen molar-refractivity contribution in [2.75, 3.05) is 5.32 Å². The number of carbonyl (C=O) groups excluding carboxylic acids is 1. The summed E-state index contributed by atoms with van der Waals surface area (Å²) in [6, 6.07) is 3.59. The molecule has 0 aromatic heterocycles. The molecule has 1 aliphatic heterocycles. The van der Waals surface area contributed by atoms with E-state index in [1.807, 2.05) is 6.92 Å². The van der Waals surface area contributed by atoms with Gasteiger partial charge in [0, 0.05) is 5.69 Å². The summed E-state index contributed by atoms with van der Waals surface area (Å²) < 4.78 is 0. The molecule has 0 unspecified atom stereocenters. The summed E-state index contributed by atoms with van der Waals surface area (Å²) >= 11 is 0. The highest BCUT2D eigenvalue weighted by molar-refractivity contribution is 6.00. The summed E-state index contributed by atoms with van der Waals surface area (Å²) in [6.45, 7) is 1.87. The van der Waals surface area contributed by atoms with Crippen molar-refractivity contribution in [3.63, 3.8) is 0 Å². The molecule has 4 heteroatoms. The fourth-order valence-electron chi connectivity index (χ4n) is 1.89. The van der Waals surface area contributed by atoms with Crippen molar-refractivity contribution >= 4 is 17.6 Å². The van der Waals surface area contributed by atoms with Crippen molar-refractivity contribution in [3.05, 3.63) is 28.8 Å². The van der Waals surface area contributed by atoms with Gasteiger partial charge >= 0.3 is 5.97 Å². The normalized spacial score (nSPS) is 13.5. The maximum absolute atomic E-state index is 11.2. The second-order valence-corrected chi connectivity index (χ2v) is 3.74. The Balaban J connectivity index is 2.39. The number of anilines is 1. The molecule has 1 aromatic carbocycles. The quantitative estimate of drug-likeness (QED) is 0.760. The fourth-order valence-corrected chi connectivity index (χ4v) is 1.89. The molecule has 1 aromatic rings. The van der Waals surface area contributed by atoms with Gasteiger partial charge in [-0.05, 0) is 23.6 Å². The lowest BCUT2D eigenvalue weighted by atomic mass is 10.0. The van der Waals surface area contributed by atoms with Crippen LogP contribution in [0.15, 0.2) is 12.1 Å². The van der Waals surface area contributed by atoms with Gasteiger partial charge in [-0.3, -0.25) is 9.59 Å². The minimum absolute atomic E-state index is 0.00229. The molecule has 0 aliphatic carbocycles. The van der Waals surface area contributed by atoms with Gasteiger partial charge in [0.2, 0.25) is 5.91 Å². The number of hydrogen-bond donors (Lipinski definition) is 2. The molecule has 1 aliphatic rings. The van der Waals surface area contributed by atoms with E-state index in [1.54, 1.807) is 12.1 Å². The Morgan fingerprint density at radius 2 is 2.27 bits per heavy atom. The lowest BCUT2D eigenvalue weighted by Crippen LogP contribution is -2.04. The van der Waals surface area contributed by atoms with Crippen LogP contribution in [0.3, 0.4) is 0 Å². The molecular formula is C11H11NO3. The maximum Gasteiger partial charge on any atom is 0.307 e. The maximum atomic E-state index is 11.2. The Hall–Kier alpha value is -1.84. The van der Waals surface area contributed by atoms with Crippen LogP contribution in [0.2, 0.25) is 0 Å². The number of amides is 1. The third kappa shape index (κ3) is 1.83. The zero-order chi connectivity index (χ0) is 11.0. The van der Waals surface area contributed by atoms with E-state index in [4.69, 9.17) is 5.11 Å². The molecular weight excluding hydrogens is 194 g/mol. The highest BCUT2D eigenvalue weighted by Gasteiger charge is 2.20. The van der Waals surface area contributed by atoms with Crippen LogP contribution in [0.25, 0.3) is 0 Å². The second kappa shape index (κ2) is 3.38. The van der Waals surface area contributed by atoms with E-state index in [2.05, 4.69) is 5.32 Å². The molecule has 0 spiro atoms. The summed E-state index contributed by atoms with van der Waals surface area (Å²) in [5.41, 5.74) is 3.41. The molecule has 0 atom stereocenters. The largest absolute Gasteiger partial charge is 0.481 e. The molecule has 1 amide bonds. The molecule has 0 radical (unpaired) electrons. The zero-order valence-electron chi connectivity index (χ0n) is 8.33. The van der Waals surface area contributed by atoms with Crippen LogP contribution in [0.1, 0.15) is 16.7 Å². The van der Waals surface area contributed by atoms with Crippen molar-refractivity contribution < 1.29 is 14.7 Å². The number of hydrogen-bond acceptors (Lipinski definition) is 2. The van der Waals surface area contributed by atoms with E-state index in [-0.39, 0.29) is 12.3 Å². The Morgan fingerprint density at radius 1 is 1.53 bits per heavy atom. The van der Waals surface area contributed by atoms with Crippen LogP contribution in [0.4, 0.5) is 5.69 Å². The van der Waals surface area contributed by atoms with Crippen molar-refractivity contribution in [1.29, 1.82) is 0 Å². The van der Waals surface area contributed by atoms with Gasteiger partial charge in [-0.1, -0.05) is 12.1 Å². The SMILES string of the molecule is Cc1cc(CC(=O)O)cc2c1NC(=O)C2. The smallest absolute Gasteiger partial charge is 0.307 e. The van der Waals surface area contributed by atoms with Gasteiger partial charge in [-0.2, -0.15) is 0 Å². The number of fused-ring (bicyclic) bond motifs is 1. The number of benzene rings is 1. The molecule has 1 heterocycles. The molecule has 0 fully saturated rings. The van der Waals surface area contributed by atoms with Crippen LogP contribution in [-0.2, 0) is 22.4 Å². The number of carboxylic acids is 1. The predicted molar refractivity (Wildman–Crippen MR) is 54.9 cm³/mol. The van der Waals surface area contributed by atoms with E-state index in [0.717, 1.165) is 22.4 Å². The Morgan fingerprint density at radius 3 is 2.93 bits per heavy atom. The number of aliphatic carboxylic acids is 1. The minimum atomic E-state index is -0.855. The van der Waals surface area contributed by atoms with Crippen molar-refractivity contribution in [2.45, 2.75) is 19.8 Å². The lowest BCUT2D eigenvalue weighted by molar-refractivity contribution is -0.136. The third-order valence-corrected chi connectivity index (χ3v) is 2.45. The summed E-state index contributed by atoms with van der Waals surface area (Å²) in [5, 5.41) is 11.4. The molecule has 2 N–H and O–H groups in total. The first-order chi connectivity index (χ1) is 7.06. The van der Waals surface area contributed by atoms with E-state index in [1.165, 1.54) is 0 Å². The molecule has 0 saturated heterocycles. The summed E-state index contributed by atoms with van der Waals surface area (Å²) in [6.07, 6.45) is 0.353. The van der Waals surface area contributed by atoms with Gasteiger partial charge in [0.05, 0.1) is 12.8 Å². The van der Waals surface area contributed by atoms with Gasteiger partial charge in [0.15, 0.2) is 0 Å². The molecule has 2 rings (SSSR count). The first-order valence-corrected chi connectivity index (χ1v) is 4.70. The number of nitrogens with one attached hydrogen (secondary N) is 1. The second-order valence-electron chi connectivity index (χ2n) is 3.74. The summed E-state index contributed by atoms with van der Waals surface area (Å²) in [4.78, 5) is 21.7. The predicted octanol–water partition coefficient (Wildman–Crippen LogP) is 1.12. The lowest BCUT2D eigenvalue weighted by Gasteiger charge is -2.06. The minimum Gasteiger partial charge on any atom is -0.481 e. The first-order valence-electron chi connectivity index (χ1n) is 4.70. The monoisotopic (exact) mass is 205 g/mol. The van der Waals surface area contributed by atoms with Gasteiger partial charge in [0.1, 0.15) is 0 Å². The van der Waals surface area contributed by atoms with E-state index < -0.39 is 5.97 Å². The topological polar surface area (TPSA) is 66.4 Å². The highest BCUT2D eigenvalue weighted by atomic mass is 16.4. The number of carbonyl (C=O) groups is 2. The van der Waals surface area contributed by atoms with Crippen molar-refractivity contribution in [1.82, 2.24) is 0 Å². The molecule has 0 bridgehead atoms. The molecule has 4 nitrogen and oxygen atoms in total. The Labute approximate surface area is 86.9 Å². The van der Waals surface area contributed by atoms with Crippen LogP contribution < -0.4 is 5.32 Å². The summed E-state index contributed by atoms with van der Waals surface area (Å²) in [7, 11) is 0. The van der Waals surface area contributed by atoms with E-state index in [0.29, 0.717) is 6.42 Å². The van der Waals surface area contributed by atoms with Crippen LogP contribution >= 0.6 is 0 Å². The van der Waals surface area contributed by atoms with E-state index >= 15 is 0 Å². The van der Waals surface area contributed by atoms with Gasteiger partial charge in [-0.25, -0.2) is 0 Å². The highest BCUT2D eigenvalue weighted by Crippen LogP contribution is 2.28. The fraction of sp³-hybridized carbons (Fsp3) is 0.273. The van der Waals surface area contributed by atoms with Crippen LogP contribution in [0, 0.1) is 6.92 Å². The standard InChI is InChI=1S/C11H11NO3/c1-6-2-7(4-10(14)15)3-8-5-9(13)12-11(6)8/h2-3H,4-5H2,1H3,(H,12,13)(H,14,15). The number of carboxylic acid groups (broad SMARTS) is 1. The van der Waals surface area contributed by atoms with Crippen LogP contribution in [0.5, 0.6) is 0 Å². The Bertz CT molecular complexity index is 451. The summed E-state index contributed by atoms with van der Waals surface area (Å²) in [5.74, 6) is -0.882. The van der Waals surface area contributed by atoms with Crippen molar-refractivity contribution in [2.24, 2.45) is 0 Å². The third-order valence-electron chi connectivity index (χ3n) is 2.45. The Kier molecular flexibility index (Phi) is 2.19. The number of rotatable bonds is 2. The molecule has 0 saturated carbocycles. The first kappa shape index (κ1) is 9.71. The molecule has 78 valence electrons. The van der Waals surface area contributed by atoms with Gasteiger partial charge < -0.3 is 10.4 Å². The number of aryl methyl sites for hydroxylation is 1.